The predicted octanol–water partition coefficient (Wildman–Crippen LogP) is 5.28. The standard InChI is InChI=1S/C19H24F6N2O/c1-4-16(14-8-10-15(11-9-14)19(23,24)25)26-17(27(5-2)13(3)28)7-6-12-18(20,21)22/h1,8,15-16H,5-7,9-12H2,2-3H3. The van der Waals surface area contributed by atoms with E-state index in [9.17, 15) is 31.1 Å². The van der Waals surface area contributed by atoms with E-state index in [2.05, 4.69) is 10.9 Å². The van der Waals surface area contributed by atoms with Crippen LogP contribution in [0.1, 0.15) is 52.4 Å². The number of aliphatic imine (C=N–C) groups is 1. The fourth-order valence-electron chi connectivity index (χ4n) is 3.08. The highest BCUT2D eigenvalue weighted by Gasteiger charge is 2.40. The van der Waals surface area contributed by atoms with Gasteiger partial charge in [-0.3, -0.25) is 9.79 Å². The number of carbonyl (C=O) groups is 1. The first-order chi connectivity index (χ1) is 12.9. The topological polar surface area (TPSA) is 32.7 Å². The zero-order chi connectivity index (χ0) is 21.5. The smallest absolute Gasteiger partial charge is 0.301 e. The zero-order valence-electron chi connectivity index (χ0n) is 15.8. The third kappa shape index (κ3) is 7.56. The highest BCUT2D eigenvalue weighted by molar-refractivity contribution is 5.97. The monoisotopic (exact) mass is 410 g/mol. The number of carbonyl (C=O) groups excluding carboxylic acids is 1. The largest absolute Gasteiger partial charge is 0.392 e. The van der Waals surface area contributed by atoms with Gasteiger partial charge in [-0.15, -0.1) is 6.42 Å². The summed E-state index contributed by atoms with van der Waals surface area (Å²) in [5, 5.41) is 0. The SMILES string of the molecule is C#CC(N=C(CCCC(F)(F)F)N(CC)C(C)=O)C1=CCC(C(F)(F)F)CC1. The number of rotatable bonds is 6. The summed E-state index contributed by atoms with van der Waals surface area (Å²) in [6.07, 6.45) is -3.34. The molecule has 0 saturated heterocycles. The zero-order valence-corrected chi connectivity index (χ0v) is 15.8. The molecular weight excluding hydrogens is 386 g/mol. The molecule has 0 radical (unpaired) electrons. The predicted molar refractivity (Wildman–Crippen MR) is 94.5 cm³/mol. The van der Waals surface area contributed by atoms with Crippen molar-refractivity contribution in [2.24, 2.45) is 10.9 Å². The molecule has 0 N–H and O–H groups in total. The molecule has 1 rings (SSSR count). The van der Waals surface area contributed by atoms with Crippen LogP contribution in [0.5, 0.6) is 0 Å². The maximum atomic E-state index is 12.8. The Labute approximate surface area is 160 Å². The van der Waals surface area contributed by atoms with Crippen LogP contribution in [0, 0.1) is 18.3 Å². The second kappa shape index (κ2) is 9.99. The van der Waals surface area contributed by atoms with Crippen molar-refractivity contribution in [2.45, 2.75) is 70.8 Å². The van der Waals surface area contributed by atoms with E-state index in [-0.39, 0.29) is 44.5 Å². The molecule has 9 heteroatoms. The van der Waals surface area contributed by atoms with E-state index in [0.717, 1.165) is 0 Å². The number of terminal acetylenes is 1. The van der Waals surface area contributed by atoms with Crippen molar-refractivity contribution < 1.29 is 31.1 Å². The molecule has 0 saturated carbocycles. The van der Waals surface area contributed by atoms with E-state index >= 15 is 0 Å². The van der Waals surface area contributed by atoms with E-state index in [1.54, 1.807) is 6.92 Å². The number of nitrogens with zero attached hydrogens (tertiary/aromatic N) is 2. The molecule has 0 fully saturated rings. The molecule has 0 aromatic rings. The normalized spacial score (nSPS) is 19.6. The Bertz CT molecular complexity index is 642. The van der Waals surface area contributed by atoms with E-state index in [1.165, 1.54) is 17.9 Å². The molecule has 28 heavy (non-hydrogen) atoms. The van der Waals surface area contributed by atoms with Gasteiger partial charge >= 0.3 is 12.4 Å². The van der Waals surface area contributed by atoms with Crippen LogP contribution >= 0.6 is 0 Å². The second-order valence-corrected chi connectivity index (χ2v) is 6.64. The minimum absolute atomic E-state index is 0.102. The number of hydrogen-bond acceptors (Lipinski definition) is 2. The summed E-state index contributed by atoms with van der Waals surface area (Å²) < 4.78 is 75.8. The lowest BCUT2D eigenvalue weighted by Gasteiger charge is -2.27. The molecule has 0 bridgehead atoms. The summed E-state index contributed by atoms with van der Waals surface area (Å²) >= 11 is 0. The van der Waals surface area contributed by atoms with Gasteiger partial charge in [0.15, 0.2) is 0 Å². The Morgan fingerprint density at radius 1 is 1.36 bits per heavy atom. The molecule has 0 aliphatic heterocycles. The average molecular weight is 410 g/mol. The van der Waals surface area contributed by atoms with Crippen LogP contribution in [0.15, 0.2) is 16.6 Å². The molecule has 2 unspecified atom stereocenters. The van der Waals surface area contributed by atoms with Crippen molar-refractivity contribution >= 4 is 11.7 Å². The lowest BCUT2D eigenvalue weighted by molar-refractivity contribution is -0.176. The van der Waals surface area contributed by atoms with Crippen LogP contribution < -0.4 is 0 Å². The molecule has 1 amide bonds. The number of amidine groups is 1. The van der Waals surface area contributed by atoms with Gasteiger partial charge in [-0.05, 0) is 38.2 Å². The third-order valence-corrected chi connectivity index (χ3v) is 4.56. The van der Waals surface area contributed by atoms with Gasteiger partial charge in [0.25, 0.3) is 0 Å². The van der Waals surface area contributed by atoms with Gasteiger partial charge in [0, 0.05) is 26.3 Å². The molecule has 3 nitrogen and oxygen atoms in total. The minimum Gasteiger partial charge on any atom is -0.301 e. The quantitative estimate of drug-likeness (QED) is 0.193. The van der Waals surface area contributed by atoms with Crippen LogP contribution in [-0.4, -0.2) is 41.6 Å². The summed E-state index contributed by atoms with van der Waals surface area (Å²) in [5.41, 5.74) is 0.524. The van der Waals surface area contributed by atoms with Crippen molar-refractivity contribution in [3.05, 3.63) is 11.6 Å². The van der Waals surface area contributed by atoms with Gasteiger partial charge in [0.1, 0.15) is 11.9 Å². The van der Waals surface area contributed by atoms with Crippen molar-refractivity contribution in [1.29, 1.82) is 0 Å². The van der Waals surface area contributed by atoms with E-state index in [4.69, 9.17) is 6.42 Å². The number of halogens is 6. The van der Waals surface area contributed by atoms with Gasteiger partial charge < -0.3 is 4.90 Å². The Kier molecular flexibility index (Phi) is 8.58. The number of hydrogen-bond donors (Lipinski definition) is 0. The molecule has 0 spiro atoms. The Hall–Kier alpha value is -1.98. The lowest BCUT2D eigenvalue weighted by atomic mass is 9.86. The first kappa shape index (κ1) is 24.1. The number of alkyl halides is 6. The maximum absolute atomic E-state index is 12.8. The van der Waals surface area contributed by atoms with Crippen LogP contribution in [0.3, 0.4) is 0 Å². The van der Waals surface area contributed by atoms with Gasteiger partial charge in [0.05, 0.1) is 5.92 Å². The summed E-state index contributed by atoms with van der Waals surface area (Å²) in [6.45, 7) is 3.12. The number of allylic oxidation sites excluding steroid dienone is 1. The Morgan fingerprint density at radius 3 is 2.39 bits per heavy atom. The van der Waals surface area contributed by atoms with Gasteiger partial charge in [-0.2, -0.15) is 26.3 Å². The van der Waals surface area contributed by atoms with Crippen molar-refractivity contribution in [3.8, 4) is 12.3 Å². The lowest BCUT2D eigenvalue weighted by Crippen LogP contribution is -2.36. The molecule has 1 aliphatic carbocycles. The van der Waals surface area contributed by atoms with Crippen LogP contribution in [0.2, 0.25) is 0 Å². The van der Waals surface area contributed by atoms with Crippen LogP contribution in [0.25, 0.3) is 0 Å². The number of amides is 1. The van der Waals surface area contributed by atoms with Crippen LogP contribution in [-0.2, 0) is 4.79 Å². The molecule has 2 atom stereocenters. The molecule has 0 aromatic heterocycles. The Morgan fingerprint density at radius 2 is 2.00 bits per heavy atom. The fourth-order valence-corrected chi connectivity index (χ4v) is 3.08. The van der Waals surface area contributed by atoms with E-state index in [1.807, 2.05) is 0 Å². The average Bonchev–Trinajstić information content (AvgIpc) is 2.57. The minimum atomic E-state index is -4.33. The van der Waals surface area contributed by atoms with Gasteiger partial charge in [-0.25, -0.2) is 0 Å². The second-order valence-electron chi connectivity index (χ2n) is 6.64. The van der Waals surface area contributed by atoms with Crippen molar-refractivity contribution in [3.63, 3.8) is 0 Å². The maximum Gasteiger partial charge on any atom is 0.392 e. The van der Waals surface area contributed by atoms with E-state index in [0.29, 0.717) is 5.57 Å². The van der Waals surface area contributed by atoms with Gasteiger partial charge in [-0.1, -0.05) is 12.0 Å². The summed E-state index contributed by atoms with van der Waals surface area (Å²) in [4.78, 5) is 17.3. The molecule has 0 heterocycles. The van der Waals surface area contributed by atoms with Crippen LogP contribution in [0.4, 0.5) is 26.3 Å². The highest BCUT2D eigenvalue weighted by Crippen LogP contribution is 2.38. The van der Waals surface area contributed by atoms with Crippen molar-refractivity contribution in [2.75, 3.05) is 6.54 Å². The summed E-state index contributed by atoms with van der Waals surface area (Å²) in [6, 6.07) is -0.900. The molecular formula is C19H24F6N2O. The first-order valence-corrected chi connectivity index (χ1v) is 9.02. The summed E-state index contributed by atoms with van der Waals surface area (Å²) in [5.74, 6) is 0.683. The van der Waals surface area contributed by atoms with Crippen molar-refractivity contribution in [1.82, 2.24) is 4.90 Å². The molecule has 0 aromatic carbocycles. The molecule has 1 aliphatic rings. The first-order valence-electron chi connectivity index (χ1n) is 9.02. The van der Waals surface area contributed by atoms with E-state index < -0.39 is 36.6 Å². The Balaban J connectivity index is 3.04. The fraction of sp³-hybridized carbons (Fsp3) is 0.684. The summed E-state index contributed by atoms with van der Waals surface area (Å²) in [7, 11) is 0. The highest BCUT2D eigenvalue weighted by atomic mass is 19.4. The third-order valence-electron chi connectivity index (χ3n) is 4.56. The van der Waals surface area contributed by atoms with Gasteiger partial charge in [0.2, 0.25) is 5.91 Å². The molecule has 158 valence electrons.